The van der Waals surface area contributed by atoms with Crippen molar-refractivity contribution < 1.29 is 14.3 Å². The molecule has 1 aromatic carbocycles. The van der Waals surface area contributed by atoms with Crippen LogP contribution in [0.5, 0.6) is 0 Å². The van der Waals surface area contributed by atoms with Gasteiger partial charge in [0.2, 0.25) is 0 Å². The molecule has 1 aliphatic heterocycles. The maximum Gasteiger partial charge on any atom is 0.325 e. The smallest absolute Gasteiger partial charge is 0.325 e. The van der Waals surface area contributed by atoms with E-state index in [1.54, 1.807) is 0 Å². The monoisotopic (exact) mass is 319 g/mol. The molecule has 0 radical (unpaired) electrons. The summed E-state index contributed by atoms with van der Waals surface area (Å²) in [5.41, 5.74) is 7.12. The molecule has 4 atom stereocenters. The van der Waals surface area contributed by atoms with E-state index in [1.807, 2.05) is 13.0 Å². The highest BCUT2D eigenvalue weighted by Gasteiger charge is 2.32. The summed E-state index contributed by atoms with van der Waals surface area (Å²) in [6, 6.07) is 9.76. The Hall–Kier alpha value is -1.39. The second-order valence-corrected chi connectivity index (χ2v) is 6.54. The van der Waals surface area contributed by atoms with Crippen LogP contribution in [-0.2, 0) is 20.7 Å². The van der Waals surface area contributed by atoms with Gasteiger partial charge in [0, 0.05) is 5.92 Å². The third kappa shape index (κ3) is 5.33. The molecule has 0 amide bonds. The van der Waals surface area contributed by atoms with E-state index in [2.05, 4.69) is 31.2 Å². The lowest BCUT2D eigenvalue weighted by molar-refractivity contribution is -0.153. The first-order valence-electron chi connectivity index (χ1n) is 8.69. The number of carbonyl (C=O) groups is 1. The van der Waals surface area contributed by atoms with Gasteiger partial charge in [0.1, 0.15) is 12.1 Å². The number of hydrogen-bond acceptors (Lipinski definition) is 4. The predicted molar refractivity (Wildman–Crippen MR) is 91.0 cm³/mol. The van der Waals surface area contributed by atoms with Gasteiger partial charge in [-0.1, -0.05) is 50.1 Å². The molecule has 0 saturated carbocycles. The molecule has 128 valence electrons. The molecule has 1 saturated heterocycles. The van der Waals surface area contributed by atoms with Crippen LogP contribution in [0.1, 0.15) is 38.7 Å². The normalized spacial score (nSPS) is 29.3. The molecule has 1 fully saturated rings. The lowest BCUT2D eigenvalue weighted by Gasteiger charge is -2.31. The van der Waals surface area contributed by atoms with Crippen LogP contribution in [0, 0.1) is 11.8 Å². The minimum Gasteiger partial charge on any atom is -0.461 e. The van der Waals surface area contributed by atoms with Crippen LogP contribution >= 0.6 is 0 Å². The van der Waals surface area contributed by atoms with E-state index in [0.717, 1.165) is 25.7 Å². The Morgan fingerprint density at radius 2 is 1.96 bits per heavy atom. The summed E-state index contributed by atoms with van der Waals surface area (Å²) in [6.07, 6.45) is 4.11. The Bertz CT molecular complexity index is 477. The summed E-state index contributed by atoms with van der Waals surface area (Å²) in [4.78, 5) is 12.0. The molecule has 0 aliphatic carbocycles. The van der Waals surface area contributed by atoms with Crippen molar-refractivity contribution >= 4 is 5.97 Å². The molecular weight excluding hydrogens is 290 g/mol. The summed E-state index contributed by atoms with van der Waals surface area (Å²) >= 11 is 0. The average molecular weight is 319 g/mol. The minimum atomic E-state index is -0.681. The van der Waals surface area contributed by atoms with Crippen molar-refractivity contribution in [2.75, 3.05) is 13.2 Å². The standard InChI is InChI=1S/C19H29NO3/c1-3-4-10-17-14(2)23-19(21)18(20)13-22-12-16(17)11-15-8-6-5-7-9-15/h5-9,14,16-18H,3-4,10-13,20H2,1-2H3/t14-,16-,17-,18-/m0/s1. The van der Waals surface area contributed by atoms with Gasteiger partial charge in [0.05, 0.1) is 13.2 Å². The van der Waals surface area contributed by atoms with Gasteiger partial charge in [-0.3, -0.25) is 4.79 Å². The number of hydrogen-bond donors (Lipinski definition) is 1. The van der Waals surface area contributed by atoms with Gasteiger partial charge in [0.25, 0.3) is 0 Å². The first-order chi connectivity index (χ1) is 11.1. The first kappa shape index (κ1) is 18.0. The molecule has 4 heteroatoms. The van der Waals surface area contributed by atoms with Crippen LogP contribution in [0.4, 0.5) is 0 Å². The van der Waals surface area contributed by atoms with Gasteiger partial charge in [-0.05, 0) is 31.2 Å². The highest BCUT2D eigenvalue weighted by Crippen LogP contribution is 2.29. The van der Waals surface area contributed by atoms with E-state index in [4.69, 9.17) is 15.2 Å². The van der Waals surface area contributed by atoms with E-state index in [0.29, 0.717) is 18.4 Å². The van der Waals surface area contributed by atoms with Crippen molar-refractivity contribution in [3.8, 4) is 0 Å². The number of esters is 1. The lowest BCUT2D eigenvalue weighted by Crippen LogP contribution is -2.38. The topological polar surface area (TPSA) is 61.5 Å². The molecule has 1 aromatic rings. The summed E-state index contributed by atoms with van der Waals surface area (Å²) in [7, 11) is 0. The summed E-state index contributed by atoms with van der Waals surface area (Å²) < 4.78 is 11.4. The molecule has 0 unspecified atom stereocenters. The third-order valence-corrected chi connectivity index (χ3v) is 4.67. The van der Waals surface area contributed by atoms with Crippen LogP contribution in [0.25, 0.3) is 0 Å². The van der Waals surface area contributed by atoms with Gasteiger partial charge in [0.15, 0.2) is 0 Å². The molecule has 23 heavy (non-hydrogen) atoms. The number of nitrogens with two attached hydrogens (primary N) is 1. The summed E-state index contributed by atoms with van der Waals surface area (Å²) in [5.74, 6) is 0.279. The molecule has 2 rings (SSSR count). The van der Waals surface area contributed by atoms with E-state index in [-0.39, 0.29) is 18.7 Å². The van der Waals surface area contributed by atoms with E-state index in [1.165, 1.54) is 5.56 Å². The van der Waals surface area contributed by atoms with Crippen molar-refractivity contribution in [2.24, 2.45) is 17.6 Å². The molecule has 0 bridgehead atoms. The number of ether oxygens (including phenoxy) is 2. The van der Waals surface area contributed by atoms with Crippen molar-refractivity contribution in [3.05, 3.63) is 35.9 Å². The van der Waals surface area contributed by atoms with Crippen LogP contribution in [0.15, 0.2) is 30.3 Å². The average Bonchev–Trinajstić information content (AvgIpc) is 2.59. The lowest BCUT2D eigenvalue weighted by atomic mass is 9.81. The van der Waals surface area contributed by atoms with Gasteiger partial charge in [-0.25, -0.2) is 0 Å². The number of carbonyl (C=O) groups excluding carboxylic acids is 1. The molecule has 4 nitrogen and oxygen atoms in total. The number of unbranched alkanes of at least 4 members (excludes halogenated alkanes) is 1. The molecular formula is C19H29NO3. The van der Waals surface area contributed by atoms with Gasteiger partial charge >= 0.3 is 5.97 Å². The van der Waals surface area contributed by atoms with Crippen molar-refractivity contribution in [3.63, 3.8) is 0 Å². The highest BCUT2D eigenvalue weighted by atomic mass is 16.5. The third-order valence-electron chi connectivity index (χ3n) is 4.67. The maximum atomic E-state index is 12.0. The molecule has 1 aliphatic rings. The first-order valence-corrected chi connectivity index (χ1v) is 8.69. The Kier molecular flexibility index (Phi) is 7.06. The zero-order valence-electron chi connectivity index (χ0n) is 14.2. The Morgan fingerprint density at radius 1 is 1.22 bits per heavy atom. The second kappa shape index (κ2) is 9.04. The van der Waals surface area contributed by atoms with Gasteiger partial charge in [-0.2, -0.15) is 0 Å². The van der Waals surface area contributed by atoms with Crippen LogP contribution in [-0.4, -0.2) is 31.3 Å². The van der Waals surface area contributed by atoms with E-state index in [9.17, 15) is 4.79 Å². The second-order valence-electron chi connectivity index (χ2n) is 6.54. The van der Waals surface area contributed by atoms with Crippen molar-refractivity contribution in [1.29, 1.82) is 0 Å². The number of rotatable bonds is 5. The molecule has 0 aromatic heterocycles. The number of benzene rings is 1. The summed E-state index contributed by atoms with van der Waals surface area (Å²) in [6.45, 7) is 5.04. The summed E-state index contributed by atoms with van der Waals surface area (Å²) in [5, 5.41) is 0. The Labute approximate surface area is 139 Å². The van der Waals surface area contributed by atoms with Crippen LogP contribution in [0.2, 0.25) is 0 Å². The largest absolute Gasteiger partial charge is 0.461 e. The quantitative estimate of drug-likeness (QED) is 0.848. The highest BCUT2D eigenvalue weighted by molar-refractivity contribution is 5.75. The van der Waals surface area contributed by atoms with Crippen LogP contribution < -0.4 is 5.73 Å². The van der Waals surface area contributed by atoms with Crippen molar-refractivity contribution in [1.82, 2.24) is 0 Å². The molecule has 0 spiro atoms. The maximum absolute atomic E-state index is 12.0. The predicted octanol–water partition coefficient (Wildman–Crippen LogP) is 2.94. The molecule has 1 heterocycles. The van der Waals surface area contributed by atoms with Crippen LogP contribution in [0.3, 0.4) is 0 Å². The Balaban J connectivity index is 2.16. The fourth-order valence-corrected chi connectivity index (χ4v) is 3.32. The fraction of sp³-hybridized carbons (Fsp3) is 0.632. The fourth-order valence-electron chi connectivity index (χ4n) is 3.32. The minimum absolute atomic E-state index is 0.129. The van der Waals surface area contributed by atoms with Gasteiger partial charge < -0.3 is 15.2 Å². The van der Waals surface area contributed by atoms with E-state index >= 15 is 0 Å². The van der Waals surface area contributed by atoms with Crippen molar-refractivity contribution in [2.45, 2.75) is 51.7 Å². The van der Waals surface area contributed by atoms with E-state index < -0.39 is 6.04 Å². The number of cyclic esters (lactones) is 1. The van der Waals surface area contributed by atoms with Gasteiger partial charge in [-0.15, -0.1) is 0 Å². The molecule has 2 N–H and O–H groups in total. The Morgan fingerprint density at radius 3 is 2.65 bits per heavy atom. The zero-order chi connectivity index (χ0) is 16.7. The zero-order valence-corrected chi connectivity index (χ0v) is 14.2. The SMILES string of the molecule is CCCC[C@@H]1[C@@H](Cc2ccccc2)COC[C@H](N)C(=O)O[C@H]1C.